The molecule has 1 heterocycles. The summed E-state index contributed by atoms with van der Waals surface area (Å²) in [6.07, 6.45) is 3.05. The lowest BCUT2D eigenvalue weighted by Gasteiger charge is -2.17. The Hall–Kier alpha value is -2.65. The molecule has 27 heavy (non-hydrogen) atoms. The molecule has 2 amide bonds. The van der Waals surface area contributed by atoms with Crippen LogP contribution in [0.15, 0.2) is 52.0 Å². The molecule has 0 aliphatic rings. The fourth-order valence-electron chi connectivity index (χ4n) is 2.25. The van der Waals surface area contributed by atoms with E-state index in [-0.39, 0.29) is 17.2 Å². The summed E-state index contributed by atoms with van der Waals surface area (Å²) in [5.41, 5.74) is 0.433. The predicted octanol–water partition coefficient (Wildman–Crippen LogP) is 2.07. The van der Waals surface area contributed by atoms with E-state index in [1.165, 1.54) is 40.9 Å². The second-order valence-corrected chi connectivity index (χ2v) is 7.96. The maximum absolute atomic E-state index is 12.4. The summed E-state index contributed by atoms with van der Waals surface area (Å²) < 4.78 is 31.1. The first-order valence-corrected chi connectivity index (χ1v) is 9.96. The lowest BCUT2D eigenvalue weighted by atomic mass is 10.3. The molecule has 9 heteroatoms. The van der Waals surface area contributed by atoms with E-state index in [1.54, 1.807) is 13.1 Å². The van der Waals surface area contributed by atoms with Crippen molar-refractivity contribution in [3.63, 3.8) is 0 Å². The van der Waals surface area contributed by atoms with Crippen LogP contribution in [0.25, 0.3) is 0 Å². The highest BCUT2D eigenvalue weighted by atomic mass is 32.2. The second-order valence-electron chi connectivity index (χ2n) is 5.91. The van der Waals surface area contributed by atoms with Crippen molar-refractivity contribution in [3.8, 4) is 0 Å². The lowest BCUT2D eigenvalue weighted by Crippen LogP contribution is -2.32. The summed E-state index contributed by atoms with van der Waals surface area (Å²) in [5, 5.41) is 5.02. The van der Waals surface area contributed by atoms with E-state index < -0.39 is 21.8 Å². The molecule has 0 radical (unpaired) electrons. The van der Waals surface area contributed by atoms with E-state index in [0.29, 0.717) is 12.2 Å². The lowest BCUT2D eigenvalue weighted by molar-refractivity contribution is -0.115. The van der Waals surface area contributed by atoms with E-state index in [4.69, 9.17) is 4.42 Å². The molecule has 8 nitrogen and oxygen atoms in total. The van der Waals surface area contributed by atoms with Crippen molar-refractivity contribution in [1.82, 2.24) is 9.62 Å². The number of amides is 2. The second kappa shape index (κ2) is 9.33. The van der Waals surface area contributed by atoms with Crippen molar-refractivity contribution in [2.24, 2.45) is 0 Å². The first-order valence-electron chi connectivity index (χ1n) is 8.52. The summed E-state index contributed by atoms with van der Waals surface area (Å²) in [6.45, 7) is 2.21. The fourth-order valence-corrected chi connectivity index (χ4v) is 3.46. The van der Waals surface area contributed by atoms with Gasteiger partial charge in [0.2, 0.25) is 15.9 Å². The van der Waals surface area contributed by atoms with Gasteiger partial charge in [0.15, 0.2) is 5.76 Å². The average Bonchev–Trinajstić information content (AvgIpc) is 3.19. The summed E-state index contributed by atoms with van der Waals surface area (Å²) in [6, 6.07) is 8.96. The van der Waals surface area contributed by atoms with Gasteiger partial charge in [-0.1, -0.05) is 13.3 Å². The number of benzene rings is 1. The van der Waals surface area contributed by atoms with Gasteiger partial charge in [0.05, 0.1) is 17.7 Å². The molecule has 0 atom stereocenters. The van der Waals surface area contributed by atoms with Gasteiger partial charge in [0.25, 0.3) is 5.91 Å². The third-order valence-electron chi connectivity index (χ3n) is 3.83. The third kappa shape index (κ3) is 5.66. The standard InChI is InChI=1S/C18H23N3O5S/c1-3-4-11-21(2)27(24,25)15-9-7-14(8-10-15)20-17(22)13-19-18(23)16-6-5-12-26-16/h5-10,12H,3-4,11,13H2,1-2H3,(H,19,23)(H,20,22). The Balaban J connectivity index is 1.91. The van der Waals surface area contributed by atoms with Gasteiger partial charge in [0, 0.05) is 19.3 Å². The maximum Gasteiger partial charge on any atom is 0.287 e. The number of nitrogens with one attached hydrogen (secondary N) is 2. The SMILES string of the molecule is CCCCN(C)S(=O)(=O)c1ccc(NC(=O)CNC(=O)c2ccco2)cc1. The molecule has 146 valence electrons. The van der Waals surface area contributed by atoms with Crippen molar-refractivity contribution in [2.45, 2.75) is 24.7 Å². The molecule has 0 unspecified atom stereocenters. The highest BCUT2D eigenvalue weighted by molar-refractivity contribution is 7.89. The smallest absolute Gasteiger partial charge is 0.287 e. The third-order valence-corrected chi connectivity index (χ3v) is 5.70. The summed E-state index contributed by atoms with van der Waals surface area (Å²) in [5.74, 6) is -0.818. The van der Waals surface area contributed by atoms with Crippen LogP contribution in [-0.2, 0) is 14.8 Å². The van der Waals surface area contributed by atoms with Crippen LogP contribution in [0.2, 0.25) is 0 Å². The molecule has 0 aliphatic carbocycles. The Kier molecular flexibility index (Phi) is 7.14. The van der Waals surface area contributed by atoms with Gasteiger partial charge in [-0.05, 0) is 42.8 Å². The number of hydrogen-bond acceptors (Lipinski definition) is 5. The number of sulfonamides is 1. The molecule has 1 aromatic heterocycles. The summed E-state index contributed by atoms with van der Waals surface area (Å²) in [4.78, 5) is 23.8. The molecule has 0 bridgehead atoms. The zero-order valence-electron chi connectivity index (χ0n) is 15.3. The minimum Gasteiger partial charge on any atom is -0.459 e. The molecular weight excluding hydrogens is 370 g/mol. The van der Waals surface area contributed by atoms with Crippen molar-refractivity contribution >= 4 is 27.5 Å². The number of carbonyl (C=O) groups excluding carboxylic acids is 2. The highest BCUT2D eigenvalue weighted by Gasteiger charge is 2.20. The van der Waals surface area contributed by atoms with Crippen LogP contribution in [-0.4, -0.2) is 44.7 Å². The summed E-state index contributed by atoms with van der Waals surface area (Å²) in [7, 11) is -2.01. The minimum atomic E-state index is -3.55. The van der Waals surface area contributed by atoms with Crippen LogP contribution >= 0.6 is 0 Å². The van der Waals surface area contributed by atoms with Gasteiger partial charge in [-0.25, -0.2) is 12.7 Å². The van der Waals surface area contributed by atoms with Crippen LogP contribution in [0.5, 0.6) is 0 Å². The van der Waals surface area contributed by atoms with Gasteiger partial charge in [-0.2, -0.15) is 0 Å². The van der Waals surface area contributed by atoms with Crippen molar-refractivity contribution < 1.29 is 22.4 Å². The molecule has 2 N–H and O–H groups in total. The van der Waals surface area contributed by atoms with Crippen molar-refractivity contribution in [3.05, 3.63) is 48.4 Å². The molecule has 0 fully saturated rings. The monoisotopic (exact) mass is 393 g/mol. The van der Waals surface area contributed by atoms with Crippen LogP contribution in [0.1, 0.15) is 30.3 Å². The van der Waals surface area contributed by atoms with Gasteiger partial charge >= 0.3 is 0 Å². The van der Waals surface area contributed by atoms with E-state index >= 15 is 0 Å². The Labute approximate surface area is 158 Å². The van der Waals surface area contributed by atoms with Crippen molar-refractivity contribution in [1.29, 1.82) is 0 Å². The topological polar surface area (TPSA) is 109 Å². The number of carbonyl (C=O) groups is 2. The largest absolute Gasteiger partial charge is 0.459 e. The maximum atomic E-state index is 12.4. The van der Waals surface area contributed by atoms with Crippen molar-refractivity contribution in [2.75, 3.05) is 25.5 Å². The van der Waals surface area contributed by atoms with E-state index in [9.17, 15) is 18.0 Å². The first kappa shape index (κ1) is 20.7. The zero-order valence-corrected chi connectivity index (χ0v) is 16.1. The Morgan fingerprint density at radius 1 is 1.15 bits per heavy atom. The van der Waals surface area contributed by atoms with Gasteiger partial charge < -0.3 is 15.1 Å². The molecule has 1 aromatic carbocycles. The highest BCUT2D eigenvalue weighted by Crippen LogP contribution is 2.18. The zero-order chi connectivity index (χ0) is 19.9. The Morgan fingerprint density at radius 2 is 1.85 bits per heavy atom. The normalized spacial score (nSPS) is 11.4. The molecule has 2 rings (SSSR count). The van der Waals surface area contributed by atoms with E-state index in [2.05, 4.69) is 10.6 Å². The number of anilines is 1. The average molecular weight is 393 g/mol. The molecule has 0 spiro atoms. The fraction of sp³-hybridized carbons (Fsp3) is 0.333. The van der Waals surface area contributed by atoms with E-state index in [0.717, 1.165) is 12.8 Å². The van der Waals surface area contributed by atoms with Gasteiger partial charge in [0.1, 0.15) is 0 Å². The van der Waals surface area contributed by atoms with Gasteiger partial charge in [-0.15, -0.1) is 0 Å². The first-order chi connectivity index (χ1) is 12.8. The number of unbranched alkanes of at least 4 members (excludes halogenated alkanes) is 1. The molecule has 0 aliphatic heterocycles. The van der Waals surface area contributed by atoms with E-state index in [1.807, 2.05) is 6.92 Å². The Morgan fingerprint density at radius 3 is 2.44 bits per heavy atom. The number of rotatable bonds is 9. The molecule has 2 aromatic rings. The summed E-state index contributed by atoms with van der Waals surface area (Å²) >= 11 is 0. The molecule has 0 saturated carbocycles. The Bertz CT molecular complexity index is 861. The van der Waals surface area contributed by atoms with Crippen LogP contribution in [0, 0.1) is 0 Å². The number of hydrogen-bond donors (Lipinski definition) is 2. The van der Waals surface area contributed by atoms with Gasteiger partial charge in [-0.3, -0.25) is 9.59 Å². The van der Waals surface area contributed by atoms with Crippen LogP contribution in [0.4, 0.5) is 5.69 Å². The number of furan rings is 1. The van der Waals surface area contributed by atoms with Crippen LogP contribution in [0.3, 0.4) is 0 Å². The molecule has 0 saturated heterocycles. The minimum absolute atomic E-state index is 0.115. The number of nitrogens with zero attached hydrogens (tertiary/aromatic N) is 1. The quantitative estimate of drug-likeness (QED) is 0.678. The predicted molar refractivity (Wildman–Crippen MR) is 101 cm³/mol. The molecular formula is C18H23N3O5S. The van der Waals surface area contributed by atoms with Crippen LogP contribution < -0.4 is 10.6 Å².